The summed E-state index contributed by atoms with van der Waals surface area (Å²) in [6, 6.07) is 15.2. The molecule has 1 atom stereocenters. The van der Waals surface area contributed by atoms with E-state index in [-0.39, 0.29) is 11.7 Å². The molecule has 84 valence electrons. The Bertz CT molecular complexity index is 552. The molecular formula is C16H13F. The molecule has 0 aliphatic heterocycles. The van der Waals surface area contributed by atoms with Crippen LogP contribution in [0.2, 0.25) is 0 Å². The molecule has 1 unspecified atom stereocenters. The molecule has 0 bridgehead atoms. The summed E-state index contributed by atoms with van der Waals surface area (Å²) >= 11 is 0. The molecule has 3 rings (SSSR count). The smallest absolute Gasteiger partial charge is 0.123 e. The van der Waals surface area contributed by atoms with E-state index >= 15 is 0 Å². The maximum atomic E-state index is 12.9. The molecule has 0 radical (unpaired) electrons. The molecule has 0 amide bonds. The van der Waals surface area contributed by atoms with Crippen LogP contribution < -0.4 is 0 Å². The average molecular weight is 224 g/mol. The standard InChI is InChI=1S/C16H13F/c17-14-10-8-13(9-11-14)16-7-3-5-12-4-1-2-6-15(12)16/h1-4,6-11,16H,5H2. The Balaban J connectivity index is 2.06. The van der Waals surface area contributed by atoms with Crippen molar-refractivity contribution in [1.29, 1.82) is 0 Å². The Morgan fingerprint density at radius 2 is 1.71 bits per heavy atom. The predicted molar refractivity (Wildman–Crippen MR) is 67.5 cm³/mol. The van der Waals surface area contributed by atoms with Crippen LogP contribution in [0.4, 0.5) is 4.39 Å². The number of hydrogen-bond donors (Lipinski definition) is 0. The molecule has 2 aromatic carbocycles. The highest BCUT2D eigenvalue weighted by molar-refractivity contribution is 5.44. The summed E-state index contributed by atoms with van der Waals surface area (Å²) in [4.78, 5) is 0. The van der Waals surface area contributed by atoms with Gasteiger partial charge in [0.25, 0.3) is 0 Å². The van der Waals surface area contributed by atoms with Gasteiger partial charge in [-0.25, -0.2) is 4.39 Å². The van der Waals surface area contributed by atoms with E-state index in [1.54, 1.807) is 0 Å². The second kappa shape index (κ2) is 4.17. The van der Waals surface area contributed by atoms with Gasteiger partial charge in [0.2, 0.25) is 0 Å². The Hall–Kier alpha value is -1.89. The molecule has 2 aromatic rings. The van der Waals surface area contributed by atoms with Crippen molar-refractivity contribution in [2.45, 2.75) is 12.3 Å². The van der Waals surface area contributed by atoms with Gasteiger partial charge in [-0.2, -0.15) is 0 Å². The highest BCUT2D eigenvalue weighted by Crippen LogP contribution is 2.32. The van der Waals surface area contributed by atoms with Crippen LogP contribution in [0, 0.1) is 5.82 Å². The first-order valence-electron chi connectivity index (χ1n) is 5.84. The molecule has 0 spiro atoms. The summed E-state index contributed by atoms with van der Waals surface area (Å²) in [5, 5.41) is 0. The number of halogens is 1. The van der Waals surface area contributed by atoms with E-state index in [4.69, 9.17) is 0 Å². The van der Waals surface area contributed by atoms with Gasteiger partial charge in [0, 0.05) is 5.92 Å². The van der Waals surface area contributed by atoms with Crippen molar-refractivity contribution in [3.05, 3.63) is 83.2 Å². The van der Waals surface area contributed by atoms with Crippen LogP contribution in [-0.2, 0) is 6.42 Å². The first-order valence-corrected chi connectivity index (χ1v) is 5.84. The van der Waals surface area contributed by atoms with Crippen molar-refractivity contribution in [2.75, 3.05) is 0 Å². The molecule has 0 fully saturated rings. The van der Waals surface area contributed by atoms with Gasteiger partial charge < -0.3 is 0 Å². The monoisotopic (exact) mass is 224 g/mol. The van der Waals surface area contributed by atoms with E-state index in [2.05, 4.69) is 36.4 Å². The summed E-state index contributed by atoms with van der Waals surface area (Å²) in [5.74, 6) is 0.0855. The summed E-state index contributed by atoms with van der Waals surface area (Å²) in [7, 11) is 0. The van der Waals surface area contributed by atoms with E-state index in [0.717, 1.165) is 12.0 Å². The first kappa shape index (κ1) is 10.3. The number of fused-ring (bicyclic) bond motifs is 1. The van der Waals surface area contributed by atoms with Crippen LogP contribution in [0.25, 0.3) is 0 Å². The minimum atomic E-state index is -0.179. The van der Waals surface area contributed by atoms with Gasteiger partial charge in [-0.3, -0.25) is 0 Å². The SMILES string of the molecule is Fc1ccc(C2C=CCc3ccccc32)cc1. The fraction of sp³-hybridized carbons (Fsp3) is 0.125. The molecule has 0 heterocycles. The zero-order valence-corrected chi connectivity index (χ0v) is 9.44. The molecule has 0 N–H and O–H groups in total. The highest BCUT2D eigenvalue weighted by atomic mass is 19.1. The Labute approximate surface area is 100 Å². The zero-order chi connectivity index (χ0) is 11.7. The lowest BCUT2D eigenvalue weighted by molar-refractivity contribution is 0.627. The predicted octanol–water partition coefficient (Wildman–Crippen LogP) is 4.07. The number of benzene rings is 2. The van der Waals surface area contributed by atoms with E-state index < -0.39 is 0 Å². The third-order valence-corrected chi connectivity index (χ3v) is 3.29. The summed E-state index contributed by atoms with van der Waals surface area (Å²) < 4.78 is 12.9. The summed E-state index contributed by atoms with van der Waals surface area (Å²) in [6.45, 7) is 0. The number of rotatable bonds is 1. The fourth-order valence-electron chi connectivity index (χ4n) is 2.42. The van der Waals surface area contributed by atoms with Crippen molar-refractivity contribution in [3.8, 4) is 0 Å². The van der Waals surface area contributed by atoms with Crippen molar-refractivity contribution in [3.63, 3.8) is 0 Å². The van der Waals surface area contributed by atoms with Crippen LogP contribution in [0.15, 0.2) is 60.7 Å². The maximum Gasteiger partial charge on any atom is 0.123 e. The van der Waals surface area contributed by atoms with Crippen molar-refractivity contribution in [1.82, 2.24) is 0 Å². The lowest BCUT2D eigenvalue weighted by atomic mass is 9.83. The van der Waals surface area contributed by atoms with Gasteiger partial charge in [-0.05, 0) is 35.2 Å². The maximum absolute atomic E-state index is 12.9. The van der Waals surface area contributed by atoms with Crippen molar-refractivity contribution >= 4 is 0 Å². The van der Waals surface area contributed by atoms with E-state index in [1.165, 1.54) is 23.3 Å². The van der Waals surface area contributed by atoms with Crippen LogP contribution >= 0.6 is 0 Å². The molecule has 1 aliphatic carbocycles. The van der Waals surface area contributed by atoms with E-state index in [1.807, 2.05) is 12.1 Å². The third-order valence-electron chi connectivity index (χ3n) is 3.29. The largest absolute Gasteiger partial charge is 0.207 e. The number of hydrogen-bond acceptors (Lipinski definition) is 0. The van der Waals surface area contributed by atoms with Gasteiger partial charge in [0.15, 0.2) is 0 Å². The van der Waals surface area contributed by atoms with E-state index in [0.29, 0.717) is 0 Å². The second-order valence-electron chi connectivity index (χ2n) is 4.36. The van der Waals surface area contributed by atoms with Crippen LogP contribution in [0.1, 0.15) is 22.6 Å². The topological polar surface area (TPSA) is 0 Å². The fourth-order valence-corrected chi connectivity index (χ4v) is 2.42. The Morgan fingerprint density at radius 1 is 0.941 bits per heavy atom. The molecule has 0 nitrogen and oxygen atoms in total. The first-order chi connectivity index (χ1) is 8.34. The molecule has 0 saturated carbocycles. The quantitative estimate of drug-likeness (QED) is 0.640. The van der Waals surface area contributed by atoms with Gasteiger partial charge >= 0.3 is 0 Å². The minimum Gasteiger partial charge on any atom is -0.207 e. The van der Waals surface area contributed by atoms with Crippen LogP contribution in [-0.4, -0.2) is 0 Å². The summed E-state index contributed by atoms with van der Waals surface area (Å²) in [5.41, 5.74) is 3.85. The van der Waals surface area contributed by atoms with Gasteiger partial charge in [0.1, 0.15) is 5.82 Å². The van der Waals surface area contributed by atoms with Gasteiger partial charge in [-0.1, -0.05) is 48.6 Å². The average Bonchev–Trinajstić information content (AvgIpc) is 2.39. The zero-order valence-electron chi connectivity index (χ0n) is 9.44. The Kier molecular flexibility index (Phi) is 2.52. The molecule has 1 aliphatic rings. The molecular weight excluding hydrogens is 211 g/mol. The minimum absolute atomic E-state index is 0.179. The lowest BCUT2D eigenvalue weighted by Crippen LogP contribution is -2.06. The van der Waals surface area contributed by atoms with Crippen LogP contribution in [0.3, 0.4) is 0 Å². The second-order valence-corrected chi connectivity index (χ2v) is 4.36. The molecule has 1 heteroatoms. The van der Waals surface area contributed by atoms with Crippen LogP contribution in [0.5, 0.6) is 0 Å². The normalized spacial score (nSPS) is 17.8. The lowest BCUT2D eigenvalue weighted by Gasteiger charge is -2.21. The summed E-state index contributed by atoms with van der Waals surface area (Å²) in [6.07, 6.45) is 5.39. The molecule has 0 aromatic heterocycles. The Morgan fingerprint density at radius 3 is 2.53 bits per heavy atom. The number of allylic oxidation sites excluding steroid dienone is 2. The van der Waals surface area contributed by atoms with Gasteiger partial charge in [-0.15, -0.1) is 0 Å². The van der Waals surface area contributed by atoms with E-state index in [9.17, 15) is 4.39 Å². The highest BCUT2D eigenvalue weighted by Gasteiger charge is 2.16. The van der Waals surface area contributed by atoms with Gasteiger partial charge in [0.05, 0.1) is 0 Å². The third kappa shape index (κ3) is 1.89. The van der Waals surface area contributed by atoms with Crippen molar-refractivity contribution in [2.24, 2.45) is 0 Å². The van der Waals surface area contributed by atoms with Crippen molar-refractivity contribution < 1.29 is 4.39 Å². The molecule has 0 saturated heterocycles. The molecule has 17 heavy (non-hydrogen) atoms.